The zero-order valence-electron chi connectivity index (χ0n) is 8.86. The van der Waals surface area contributed by atoms with Crippen LogP contribution < -0.4 is 0 Å². The van der Waals surface area contributed by atoms with E-state index in [0.717, 1.165) is 0 Å². The van der Waals surface area contributed by atoms with Gasteiger partial charge < -0.3 is 0 Å². The zero-order chi connectivity index (χ0) is 10.5. The molecule has 2 rings (SSSR count). The highest BCUT2D eigenvalue weighted by Crippen LogP contribution is 2.37. The Kier molecular flexibility index (Phi) is 2.44. The summed E-state index contributed by atoms with van der Waals surface area (Å²) >= 11 is 5.51. The zero-order valence-corrected chi connectivity index (χ0v) is 11.3. The maximum absolute atomic E-state index is 3.61. The van der Waals surface area contributed by atoms with Crippen molar-refractivity contribution in [1.29, 1.82) is 0 Å². The standard InChI is InChI=1S/C12H13BrS/c1-6-5-10(13)8(3)12-11(6)7(2)9(4)14-12/h5H,1-4H3. The summed E-state index contributed by atoms with van der Waals surface area (Å²) in [5.74, 6) is 0. The minimum absolute atomic E-state index is 1.23. The molecule has 2 heteroatoms. The van der Waals surface area contributed by atoms with Crippen molar-refractivity contribution in [3.8, 4) is 0 Å². The number of hydrogen-bond donors (Lipinski definition) is 0. The molecule has 0 aliphatic rings. The predicted molar refractivity (Wildman–Crippen MR) is 68.5 cm³/mol. The van der Waals surface area contributed by atoms with Gasteiger partial charge in [0.15, 0.2) is 0 Å². The first-order valence-corrected chi connectivity index (χ1v) is 6.28. The number of thiophene rings is 1. The Morgan fingerprint density at radius 2 is 1.71 bits per heavy atom. The molecule has 1 aromatic heterocycles. The van der Waals surface area contributed by atoms with Crippen molar-refractivity contribution in [2.45, 2.75) is 27.7 Å². The third-order valence-electron chi connectivity index (χ3n) is 2.82. The first-order valence-electron chi connectivity index (χ1n) is 4.67. The molecule has 0 unspecified atom stereocenters. The number of hydrogen-bond acceptors (Lipinski definition) is 1. The van der Waals surface area contributed by atoms with Gasteiger partial charge in [0, 0.05) is 14.0 Å². The van der Waals surface area contributed by atoms with E-state index >= 15 is 0 Å². The number of aryl methyl sites for hydroxylation is 4. The third-order valence-corrected chi connectivity index (χ3v) is 4.97. The Balaban J connectivity index is 3.02. The van der Waals surface area contributed by atoms with Gasteiger partial charge in [-0.2, -0.15) is 0 Å². The summed E-state index contributed by atoms with van der Waals surface area (Å²) in [6.45, 7) is 8.79. The summed E-state index contributed by atoms with van der Waals surface area (Å²) in [7, 11) is 0. The molecular weight excluding hydrogens is 256 g/mol. The number of fused-ring (bicyclic) bond motifs is 1. The van der Waals surface area contributed by atoms with Crippen LogP contribution in [-0.4, -0.2) is 0 Å². The smallest absolute Gasteiger partial charge is 0.0391 e. The van der Waals surface area contributed by atoms with Gasteiger partial charge in [0.2, 0.25) is 0 Å². The van der Waals surface area contributed by atoms with Crippen LogP contribution in [0.5, 0.6) is 0 Å². The van der Waals surface area contributed by atoms with Crippen molar-refractivity contribution in [2.75, 3.05) is 0 Å². The average Bonchev–Trinajstić information content (AvgIpc) is 2.40. The Bertz CT molecular complexity index is 509. The van der Waals surface area contributed by atoms with E-state index in [-0.39, 0.29) is 0 Å². The molecule has 0 radical (unpaired) electrons. The lowest BCUT2D eigenvalue weighted by Gasteiger charge is -2.04. The summed E-state index contributed by atoms with van der Waals surface area (Å²) in [5.41, 5.74) is 4.18. The fourth-order valence-electron chi connectivity index (χ4n) is 1.84. The van der Waals surface area contributed by atoms with Crippen molar-refractivity contribution < 1.29 is 0 Å². The highest BCUT2D eigenvalue weighted by Gasteiger charge is 2.11. The van der Waals surface area contributed by atoms with Gasteiger partial charge in [-0.15, -0.1) is 11.3 Å². The van der Waals surface area contributed by atoms with Crippen LogP contribution in [-0.2, 0) is 0 Å². The molecule has 0 aliphatic carbocycles. The fraction of sp³-hybridized carbons (Fsp3) is 0.333. The Morgan fingerprint density at radius 3 is 2.36 bits per heavy atom. The fourth-order valence-corrected chi connectivity index (χ4v) is 3.76. The molecule has 0 spiro atoms. The van der Waals surface area contributed by atoms with Crippen molar-refractivity contribution in [1.82, 2.24) is 0 Å². The molecular formula is C12H13BrS. The van der Waals surface area contributed by atoms with Gasteiger partial charge in [-0.3, -0.25) is 0 Å². The predicted octanol–water partition coefficient (Wildman–Crippen LogP) is 4.90. The second kappa shape index (κ2) is 3.35. The molecule has 1 aromatic carbocycles. The lowest BCUT2D eigenvalue weighted by molar-refractivity contribution is 1.41. The summed E-state index contributed by atoms with van der Waals surface area (Å²) in [4.78, 5) is 1.43. The normalized spacial score (nSPS) is 11.2. The van der Waals surface area contributed by atoms with Crippen LogP contribution >= 0.6 is 27.3 Å². The Hall–Kier alpha value is -0.340. The molecule has 1 heterocycles. The van der Waals surface area contributed by atoms with Gasteiger partial charge in [-0.05, 0) is 55.8 Å². The van der Waals surface area contributed by atoms with Crippen LogP contribution in [0.25, 0.3) is 10.1 Å². The molecule has 0 bridgehead atoms. The van der Waals surface area contributed by atoms with Gasteiger partial charge in [-0.1, -0.05) is 15.9 Å². The van der Waals surface area contributed by atoms with Gasteiger partial charge in [-0.25, -0.2) is 0 Å². The Labute approximate surface area is 97.1 Å². The second-order valence-electron chi connectivity index (χ2n) is 3.79. The second-order valence-corrected chi connectivity index (χ2v) is 5.87. The average molecular weight is 269 g/mol. The van der Waals surface area contributed by atoms with E-state index in [1.807, 2.05) is 11.3 Å². The highest BCUT2D eigenvalue weighted by molar-refractivity contribution is 9.10. The van der Waals surface area contributed by atoms with Crippen LogP contribution in [0.4, 0.5) is 0 Å². The summed E-state index contributed by atoms with van der Waals surface area (Å²) in [6.07, 6.45) is 0. The van der Waals surface area contributed by atoms with E-state index in [9.17, 15) is 0 Å². The quantitative estimate of drug-likeness (QED) is 0.638. The van der Waals surface area contributed by atoms with Gasteiger partial charge >= 0.3 is 0 Å². The van der Waals surface area contributed by atoms with Crippen molar-refractivity contribution in [2.24, 2.45) is 0 Å². The van der Waals surface area contributed by atoms with Gasteiger partial charge in [0.25, 0.3) is 0 Å². The van der Waals surface area contributed by atoms with Crippen molar-refractivity contribution in [3.63, 3.8) is 0 Å². The first kappa shape index (κ1) is 10.2. The van der Waals surface area contributed by atoms with Crippen LogP contribution in [0, 0.1) is 27.7 Å². The summed E-state index contributed by atoms with van der Waals surface area (Å²) in [6, 6.07) is 2.22. The van der Waals surface area contributed by atoms with Crippen LogP contribution in [0.2, 0.25) is 0 Å². The lowest BCUT2D eigenvalue weighted by atomic mass is 10.0. The van der Waals surface area contributed by atoms with E-state index in [0.29, 0.717) is 0 Å². The van der Waals surface area contributed by atoms with E-state index in [2.05, 4.69) is 49.7 Å². The topological polar surface area (TPSA) is 0 Å². The van der Waals surface area contributed by atoms with Gasteiger partial charge in [0.05, 0.1) is 0 Å². The monoisotopic (exact) mass is 268 g/mol. The Morgan fingerprint density at radius 1 is 1.07 bits per heavy atom. The maximum Gasteiger partial charge on any atom is 0.0391 e. The molecule has 0 N–H and O–H groups in total. The molecule has 0 aliphatic heterocycles. The highest BCUT2D eigenvalue weighted by atomic mass is 79.9. The van der Waals surface area contributed by atoms with Crippen LogP contribution in [0.1, 0.15) is 21.6 Å². The van der Waals surface area contributed by atoms with Crippen molar-refractivity contribution in [3.05, 3.63) is 32.1 Å². The van der Waals surface area contributed by atoms with Crippen LogP contribution in [0.15, 0.2) is 10.5 Å². The molecule has 74 valence electrons. The summed E-state index contributed by atoms with van der Waals surface area (Å²) in [5, 5.41) is 1.45. The lowest BCUT2D eigenvalue weighted by Crippen LogP contribution is -1.82. The van der Waals surface area contributed by atoms with Crippen LogP contribution in [0.3, 0.4) is 0 Å². The number of benzene rings is 1. The van der Waals surface area contributed by atoms with E-state index in [1.54, 1.807) is 0 Å². The largest absolute Gasteiger partial charge is 0.140 e. The minimum Gasteiger partial charge on any atom is -0.140 e. The molecule has 0 atom stereocenters. The maximum atomic E-state index is 3.61. The first-order chi connectivity index (χ1) is 6.52. The molecule has 0 fully saturated rings. The minimum atomic E-state index is 1.23. The molecule has 0 saturated carbocycles. The van der Waals surface area contributed by atoms with Gasteiger partial charge in [0.1, 0.15) is 0 Å². The molecule has 0 nitrogen and oxygen atoms in total. The molecule has 0 amide bonds. The van der Waals surface area contributed by atoms with E-state index in [1.165, 1.54) is 36.1 Å². The van der Waals surface area contributed by atoms with E-state index < -0.39 is 0 Å². The number of halogens is 1. The SMILES string of the molecule is Cc1sc2c(C)c(Br)cc(C)c2c1C. The third kappa shape index (κ3) is 1.32. The molecule has 2 aromatic rings. The van der Waals surface area contributed by atoms with E-state index in [4.69, 9.17) is 0 Å². The molecule has 0 saturated heterocycles. The number of rotatable bonds is 0. The summed E-state index contributed by atoms with van der Waals surface area (Å²) < 4.78 is 2.66. The molecule has 14 heavy (non-hydrogen) atoms. The van der Waals surface area contributed by atoms with Crippen molar-refractivity contribution >= 4 is 37.4 Å².